The molecule has 0 fully saturated rings. The number of benzene rings is 1. The van der Waals surface area contributed by atoms with E-state index in [0.717, 1.165) is 0 Å². The van der Waals surface area contributed by atoms with E-state index in [1.54, 1.807) is 41.0 Å². The zero-order chi connectivity index (χ0) is 35.1. The van der Waals surface area contributed by atoms with Crippen molar-refractivity contribution < 1.29 is 37.4 Å². The summed E-state index contributed by atoms with van der Waals surface area (Å²) in [6.07, 6.45) is 1.01. The normalized spacial score (nSPS) is 12.4. The van der Waals surface area contributed by atoms with Crippen LogP contribution in [0.4, 0.5) is 13.2 Å². The number of aromatic nitrogens is 3. The third-order valence-electron chi connectivity index (χ3n) is 7.27. The number of nitriles is 1. The van der Waals surface area contributed by atoms with Gasteiger partial charge in [0, 0.05) is 34.8 Å². The molecule has 0 bridgehead atoms. The first-order valence-electron chi connectivity index (χ1n) is 14.1. The number of carboxylic acid groups (broad SMARTS) is 1. The summed E-state index contributed by atoms with van der Waals surface area (Å²) < 4.78 is 40.4. The molecule has 0 amide bonds. The molecule has 1 aromatic carbocycles. The van der Waals surface area contributed by atoms with Gasteiger partial charge in [-0.05, 0) is 68.1 Å². The molecule has 0 saturated heterocycles. The first kappa shape index (κ1) is 36.5. The van der Waals surface area contributed by atoms with Crippen LogP contribution in [-0.4, -0.2) is 56.7 Å². The smallest absolute Gasteiger partial charge is 0.490 e. The molecule has 0 radical (unpaired) electrons. The van der Waals surface area contributed by atoms with E-state index >= 15 is 0 Å². The number of hydrogen-bond donors (Lipinski definition) is 2. The van der Waals surface area contributed by atoms with E-state index in [4.69, 9.17) is 32.0 Å². The number of carbonyl (C=O) groups is 3. The highest BCUT2D eigenvalue weighted by Crippen LogP contribution is 2.34. The predicted octanol–water partition coefficient (Wildman–Crippen LogP) is 5.26. The number of methoxy groups -OCH3 is 1. The molecule has 3 N–H and O–H groups in total. The van der Waals surface area contributed by atoms with Gasteiger partial charge in [-0.25, -0.2) is 9.31 Å². The van der Waals surface area contributed by atoms with Gasteiger partial charge in [-0.2, -0.15) is 23.5 Å². The van der Waals surface area contributed by atoms with Crippen molar-refractivity contribution in [2.75, 3.05) is 13.7 Å². The van der Waals surface area contributed by atoms with Crippen LogP contribution < -0.4 is 16.0 Å². The van der Waals surface area contributed by atoms with Gasteiger partial charge >= 0.3 is 12.1 Å². The maximum Gasteiger partial charge on any atom is 0.490 e. The largest absolute Gasteiger partial charge is 0.495 e. The van der Waals surface area contributed by atoms with Crippen LogP contribution in [0.25, 0.3) is 16.6 Å². The molecule has 248 valence electrons. The van der Waals surface area contributed by atoms with Gasteiger partial charge in [0.25, 0.3) is 5.56 Å². The second kappa shape index (κ2) is 15.5. The third kappa shape index (κ3) is 8.84. The number of hydrogen-bond acceptors (Lipinski definition) is 8. The second-order valence-corrected chi connectivity index (χ2v) is 11.0. The Kier molecular flexibility index (Phi) is 12.0. The lowest BCUT2D eigenvalue weighted by Gasteiger charge is -2.26. The van der Waals surface area contributed by atoms with Crippen molar-refractivity contribution in [3.05, 3.63) is 87.1 Å². The maximum absolute atomic E-state index is 13.9. The monoisotopic (exact) mass is 673 g/mol. The Morgan fingerprint density at radius 3 is 2.43 bits per heavy atom. The summed E-state index contributed by atoms with van der Waals surface area (Å²) in [6, 6.07) is 11.0. The number of nitrogens with two attached hydrogens (primary N) is 1. The van der Waals surface area contributed by atoms with Crippen LogP contribution in [0.3, 0.4) is 0 Å². The number of fused-ring (bicyclic) bond motifs is 1. The van der Waals surface area contributed by atoms with Gasteiger partial charge in [0.2, 0.25) is 0 Å². The molecule has 3 aromatic heterocycles. The number of pyridine rings is 2. The standard InChI is InChI=1S/C30H30ClN5O4.C2HF3O2/c1-18(5-4-9-32)30(27(38)12-20-8-10-36-26(11-20)25(16-34-36)19(2)37)35-17-28(40-3)24(14-29(35)39)23-13-22(31)7-6-21(23)15-33;3-2(4,5)1(6)7/h6-8,10-11,13-14,16-18,30H,4-5,9,12,32H2,1-3H3;(H,6,7)/t18?,30-;/m0./s1. The van der Waals surface area contributed by atoms with E-state index in [1.165, 1.54) is 37.1 Å². The van der Waals surface area contributed by atoms with Crippen molar-refractivity contribution in [3.63, 3.8) is 0 Å². The molecule has 0 aliphatic rings. The summed E-state index contributed by atoms with van der Waals surface area (Å²) in [5.41, 5.74) is 8.33. The number of alkyl halides is 3. The fourth-order valence-electron chi connectivity index (χ4n) is 5.01. The average molecular weight is 674 g/mol. The van der Waals surface area contributed by atoms with Crippen molar-refractivity contribution in [2.45, 2.75) is 45.3 Å². The Labute approximate surface area is 271 Å². The molecule has 11 nitrogen and oxygen atoms in total. The zero-order valence-electron chi connectivity index (χ0n) is 25.5. The molecular weight excluding hydrogens is 643 g/mol. The highest BCUT2D eigenvalue weighted by Gasteiger charge is 2.38. The molecule has 0 saturated carbocycles. The predicted molar refractivity (Wildman–Crippen MR) is 167 cm³/mol. The summed E-state index contributed by atoms with van der Waals surface area (Å²) in [5.74, 6) is -2.93. The minimum absolute atomic E-state index is 0.0417. The number of ether oxygens (including phenoxy) is 1. The molecule has 3 heterocycles. The molecule has 0 spiro atoms. The van der Waals surface area contributed by atoms with Crippen molar-refractivity contribution in [3.8, 4) is 22.9 Å². The summed E-state index contributed by atoms with van der Waals surface area (Å²) in [7, 11) is 1.46. The Bertz CT molecular complexity index is 1900. The van der Waals surface area contributed by atoms with Crippen LogP contribution in [0.2, 0.25) is 5.02 Å². The Hall–Kier alpha value is -5.00. The van der Waals surface area contributed by atoms with Crippen molar-refractivity contribution in [1.82, 2.24) is 14.2 Å². The number of halogens is 4. The first-order chi connectivity index (χ1) is 22.1. The van der Waals surface area contributed by atoms with E-state index < -0.39 is 23.7 Å². The molecule has 4 rings (SSSR count). The molecule has 0 aliphatic carbocycles. The fraction of sp³-hybridized carbons (Fsp3) is 0.312. The Balaban J connectivity index is 0.000000771. The molecular formula is C32H31ClF3N5O6. The van der Waals surface area contributed by atoms with Crippen molar-refractivity contribution in [1.29, 1.82) is 5.26 Å². The lowest BCUT2D eigenvalue weighted by atomic mass is 9.90. The van der Waals surface area contributed by atoms with Gasteiger partial charge in [0.05, 0.1) is 48.3 Å². The molecule has 1 unspecified atom stereocenters. The minimum atomic E-state index is -5.08. The van der Waals surface area contributed by atoms with E-state index in [-0.39, 0.29) is 23.9 Å². The lowest BCUT2D eigenvalue weighted by molar-refractivity contribution is -0.192. The fourth-order valence-corrected chi connectivity index (χ4v) is 5.18. The topological polar surface area (TPSA) is 170 Å². The number of carbonyl (C=O) groups excluding carboxylic acids is 2. The number of ketones is 2. The SMILES string of the molecule is COc1cn([C@H](C(=O)Cc2ccn3ncc(C(C)=O)c3c2)C(C)CCCN)c(=O)cc1-c1cc(Cl)ccc1C#N.O=C(O)C(F)(F)F. The summed E-state index contributed by atoms with van der Waals surface area (Å²) in [6.45, 7) is 3.85. The van der Waals surface area contributed by atoms with Crippen LogP contribution in [0, 0.1) is 17.2 Å². The molecule has 4 aromatic rings. The van der Waals surface area contributed by atoms with E-state index in [1.807, 2.05) is 6.92 Å². The minimum Gasteiger partial charge on any atom is -0.495 e. The van der Waals surface area contributed by atoms with Crippen molar-refractivity contribution >= 4 is 34.7 Å². The van der Waals surface area contributed by atoms with Gasteiger partial charge < -0.3 is 20.1 Å². The van der Waals surface area contributed by atoms with E-state index in [2.05, 4.69) is 11.2 Å². The van der Waals surface area contributed by atoms with Gasteiger partial charge in [-0.1, -0.05) is 18.5 Å². The molecule has 0 aliphatic heterocycles. The van der Waals surface area contributed by atoms with Gasteiger partial charge in [-0.3, -0.25) is 14.4 Å². The lowest BCUT2D eigenvalue weighted by Crippen LogP contribution is -2.35. The molecule has 15 heteroatoms. The van der Waals surface area contributed by atoms with Crippen LogP contribution in [0.5, 0.6) is 5.75 Å². The average Bonchev–Trinajstić information content (AvgIpc) is 3.44. The van der Waals surface area contributed by atoms with E-state index in [0.29, 0.717) is 63.5 Å². The number of carboxylic acids is 1. The molecule has 47 heavy (non-hydrogen) atoms. The highest BCUT2D eigenvalue weighted by atomic mass is 35.5. The van der Waals surface area contributed by atoms with Crippen LogP contribution in [0.15, 0.2) is 59.8 Å². The number of aliphatic carboxylic acids is 1. The zero-order valence-corrected chi connectivity index (χ0v) is 26.3. The third-order valence-corrected chi connectivity index (χ3v) is 7.51. The Morgan fingerprint density at radius 2 is 1.85 bits per heavy atom. The first-order valence-corrected chi connectivity index (χ1v) is 14.5. The molecule has 2 atom stereocenters. The van der Waals surface area contributed by atoms with Crippen LogP contribution in [-0.2, 0) is 16.0 Å². The summed E-state index contributed by atoms with van der Waals surface area (Å²) in [5, 5.41) is 21.3. The maximum atomic E-state index is 13.9. The van der Waals surface area contributed by atoms with Crippen molar-refractivity contribution in [2.24, 2.45) is 11.7 Å². The van der Waals surface area contributed by atoms with Gasteiger partial charge in [-0.15, -0.1) is 0 Å². The number of rotatable bonds is 11. The van der Waals surface area contributed by atoms with Crippen LogP contribution in [0.1, 0.15) is 54.2 Å². The summed E-state index contributed by atoms with van der Waals surface area (Å²) >= 11 is 6.19. The second-order valence-electron chi connectivity index (χ2n) is 10.6. The number of nitrogens with zero attached hydrogens (tertiary/aromatic N) is 4. The van der Waals surface area contributed by atoms with Gasteiger partial charge in [0.1, 0.15) is 5.75 Å². The highest BCUT2D eigenvalue weighted by molar-refractivity contribution is 6.31. The summed E-state index contributed by atoms with van der Waals surface area (Å²) in [4.78, 5) is 48.4. The Morgan fingerprint density at radius 1 is 1.17 bits per heavy atom. The quantitative estimate of drug-likeness (QED) is 0.202. The van der Waals surface area contributed by atoms with Gasteiger partial charge in [0.15, 0.2) is 11.6 Å². The van der Waals surface area contributed by atoms with Crippen LogP contribution >= 0.6 is 11.6 Å². The van der Waals surface area contributed by atoms with E-state index in [9.17, 15) is 32.8 Å². The number of Topliss-reactive ketones (excluding diaryl/α,β-unsaturated/α-hetero) is 2.